The third-order valence-electron chi connectivity index (χ3n) is 4.74. The Labute approximate surface area is 115 Å². The van der Waals surface area contributed by atoms with Gasteiger partial charge in [-0.1, -0.05) is 24.3 Å². The summed E-state index contributed by atoms with van der Waals surface area (Å²) < 4.78 is 0. The lowest BCUT2D eigenvalue weighted by atomic mass is 10.0. The summed E-state index contributed by atoms with van der Waals surface area (Å²) >= 11 is 0. The number of fused-ring (bicyclic) bond motifs is 1. The zero-order chi connectivity index (χ0) is 13.1. The van der Waals surface area contributed by atoms with Crippen LogP contribution in [-0.4, -0.2) is 30.3 Å². The van der Waals surface area contributed by atoms with Gasteiger partial charge in [-0.05, 0) is 49.8 Å². The van der Waals surface area contributed by atoms with Gasteiger partial charge in [0.1, 0.15) is 5.78 Å². The highest BCUT2D eigenvalue weighted by atomic mass is 16.1. The first-order chi connectivity index (χ1) is 9.33. The third kappa shape index (κ3) is 3.06. The minimum Gasteiger partial charge on any atom is -0.303 e. The van der Waals surface area contributed by atoms with Gasteiger partial charge in [-0.15, -0.1) is 0 Å². The van der Waals surface area contributed by atoms with Crippen LogP contribution in [0.5, 0.6) is 0 Å². The van der Waals surface area contributed by atoms with Gasteiger partial charge in [-0.2, -0.15) is 0 Å². The van der Waals surface area contributed by atoms with Gasteiger partial charge in [0.15, 0.2) is 0 Å². The van der Waals surface area contributed by atoms with E-state index < -0.39 is 0 Å². The normalized spacial score (nSPS) is 24.2. The highest BCUT2D eigenvalue weighted by Crippen LogP contribution is 2.25. The second-order valence-electron chi connectivity index (χ2n) is 5.95. The van der Waals surface area contributed by atoms with Crippen LogP contribution in [0.15, 0.2) is 24.3 Å². The molecule has 102 valence electrons. The van der Waals surface area contributed by atoms with Crippen LogP contribution in [0.3, 0.4) is 0 Å². The first kappa shape index (κ1) is 12.9. The number of rotatable bonds is 3. The number of benzene rings is 1. The van der Waals surface area contributed by atoms with E-state index in [9.17, 15) is 4.79 Å². The third-order valence-corrected chi connectivity index (χ3v) is 4.74. The second kappa shape index (κ2) is 5.87. The number of hydrogen-bond donors (Lipinski definition) is 0. The lowest BCUT2D eigenvalue weighted by Gasteiger charge is -2.21. The Balaban J connectivity index is 1.53. The van der Waals surface area contributed by atoms with Crippen LogP contribution < -0.4 is 0 Å². The molecule has 1 unspecified atom stereocenters. The van der Waals surface area contributed by atoms with Gasteiger partial charge in [0, 0.05) is 25.4 Å². The lowest BCUT2D eigenvalue weighted by molar-refractivity contribution is -0.120. The van der Waals surface area contributed by atoms with Gasteiger partial charge >= 0.3 is 0 Å². The molecule has 0 bridgehead atoms. The average molecular weight is 257 g/mol. The molecule has 2 heteroatoms. The Morgan fingerprint density at radius 2 is 1.74 bits per heavy atom. The van der Waals surface area contributed by atoms with E-state index in [0.717, 1.165) is 58.2 Å². The maximum absolute atomic E-state index is 11.7. The molecule has 1 aromatic carbocycles. The first-order valence-corrected chi connectivity index (χ1v) is 7.65. The van der Waals surface area contributed by atoms with Crippen LogP contribution in [0.25, 0.3) is 0 Å². The van der Waals surface area contributed by atoms with E-state index in [0.29, 0.717) is 11.7 Å². The van der Waals surface area contributed by atoms with E-state index in [1.54, 1.807) is 0 Å². The maximum atomic E-state index is 11.7. The zero-order valence-corrected chi connectivity index (χ0v) is 11.6. The fraction of sp³-hybridized carbons (Fsp3) is 0.588. The predicted molar refractivity (Wildman–Crippen MR) is 77.3 cm³/mol. The summed E-state index contributed by atoms with van der Waals surface area (Å²) in [4.78, 5) is 14.2. The SMILES string of the molecule is O=C1CCCC1CCN1CCc2ccccc2CC1. The van der Waals surface area contributed by atoms with Crippen LogP contribution in [0.1, 0.15) is 36.8 Å². The Morgan fingerprint density at radius 3 is 2.32 bits per heavy atom. The first-order valence-electron chi connectivity index (χ1n) is 7.65. The second-order valence-corrected chi connectivity index (χ2v) is 5.95. The summed E-state index contributed by atoms with van der Waals surface area (Å²) in [5.74, 6) is 0.878. The van der Waals surface area contributed by atoms with E-state index in [-0.39, 0.29) is 0 Å². The summed E-state index contributed by atoms with van der Waals surface area (Å²) in [6.07, 6.45) is 6.48. The van der Waals surface area contributed by atoms with Crippen molar-refractivity contribution < 1.29 is 4.79 Å². The fourth-order valence-corrected chi connectivity index (χ4v) is 3.47. The van der Waals surface area contributed by atoms with Crippen molar-refractivity contribution in [2.45, 2.75) is 38.5 Å². The molecule has 0 radical (unpaired) electrons. The van der Waals surface area contributed by atoms with Gasteiger partial charge in [0.2, 0.25) is 0 Å². The smallest absolute Gasteiger partial charge is 0.136 e. The molecule has 0 amide bonds. The van der Waals surface area contributed by atoms with Gasteiger partial charge in [-0.25, -0.2) is 0 Å². The van der Waals surface area contributed by atoms with Gasteiger partial charge in [0.25, 0.3) is 0 Å². The molecule has 3 rings (SSSR count). The zero-order valence-electron chi connectivity index (χ0n) is 11.6. The van der Waals surface area contributed by atoms with Crippen LogP contribution >= 0.6 is 0 Å². The Hall–Kier alpha value is -1.15. The molecule has 19 heavy (non-hydrogen) atoms. The maximum Gasteiger partial charge on any atom is 0.136 e. The molecule has 0 aromatic heterocycles. The molecular formula is C17H23NO. The summed E-state index contributed by atoms with van der Waals surface area (Å²) in [7, 11) is 0. The highest BCUT2D eigenvalue weighted by molar-refractivity contribution is 5.82. The molecule has 1 aliphatic heterocycles. The summed E-state index contributed by atoms with van der Waals surface area (Å²) in [6, 6.07) is 8.82. The monoisotopic (exact) mass is 257 g/mol. The van der Waals surface area contributed by atoms with E-state index in [1.165, 1.54) is 11.1 Å². The number of hydrogen-bond acceptors (Lipinski definition) is 2. The molecule has 0 spiro atoms. The fourth-order valence-electron chi connectivity index (χ4n) is 3.47. The van der Waals surface area contributed by atoms with Crippen LogP contribution in [0.4, 0.5) is 0 Å². The number of Topliss-reactive ketones (excluding diaryl/α,β-unsaturated/α-hetero) is 1. The van der Waals surface area contributed by atoms with Crippen LogP contribution in [0.2, 0.25) is 0 Å². The van der Waals surface area contributed by atoms with Gasteiger partial charge < -0.3 is 4.90 Å². The summed E-state index contributed by atoms with van der Waals surface area (Å²) in [5.41, 5.74) is 3.03. The minimum atomic E-state index is 0.366. The highest BCUT2D eigenvalue weighted by Gasteiger charge is 2.24. The van der Waals surface area contributed by atoms with E-state index in [4.69, 9.17) is 0 Å². The van der Waals surface area contributed by atoms with Crippen molar-refractivity contribution in [1.29, 1.82) is 0 Å². The van der Waals surface area contributed by atoms with Crippen molar-refractivity contribution in [3.8, 4) is 0 Å². The van der Waals surface area contributed by atoms with E-state index in [2.05, 4.69) is 29.2 Å². The lowest BCUT2D eigenvalue weighted by Crippen LogP contribution is -2.29. The molecule has 1 saturated carbocycles. The standard InChI is InChI=1S/C17H23NO/c19-17-7-3-6-16(17)10-13-18-11-8-14-4-1-2-5-15(14)9-12-18/h1-2,4-5,16H,3,6-13H2. The minimum absolute atomic E-state index is 0.366. The van der Waals surface area contributed by atoms with Crippen LogP contribution in [0, 0.1) is 5.92 Å². The molecule has 2 aliphatic rings. The van der Waals surface area contributed by atoms with Crippen molar-refractivity contribution in [3.63, 3.8) is 0 Å². The van der Waals surface area contributed by atoms with Crippen molar-refractivity contribution in [2.75, 3.05) is 19.6 Å². The average Bonchev–Trinajstić information content (AvgIpc) is 2.73. The summed E-state index contributed by atoms with van der Waals surface area (Å²) in [5, 5.41) is 0. The molecule has 1 fully saturated rings. The van der Waals surface area contributed by atoms with Crippen LogP contribution in [-0.2, 0) is 17.6 Å². The quantitative estimate of drug-likeness (QED) is 0.830. The molecule has 0 saturated heterocycles. The Morgan fingerprint density at radius 1 is 1.05 bits per heavy atom. The Bertz CT molecular complexity index is 427. The van der Waals surface area contributed by atoms with Crippen molar-refractivity contribution in [1.82, 2.24) is 4.90 Å². The molecule has 1 heterocycles. The van der Waals surface area contributed by atoms with E-state index >= 15 is 0 Å². The van der Waals surface area contributed by atoms with Crippen molar-refractivity contribution in [2.24, 2.45) is 5.92 Å². The largest absolute Gasteiger partial charge is 0.303 e. The van der Waals surface area contributed by atoms with Gasteiger partial charge in [0.05, 0.1) is 0 Å². The van der Waals surface area contributed by atoms with Crippen molar-refractivity contribution in [3.05, 3.63) is 35.4 Å². The number of carbonyl (C=O) groups excluding carboxylic acids is 1. The molecular weight excluding hydrogens is 234 g/mol. The summed E-state index contributed by atoms with van der Waals surface area (Å²) in [6.45, 7) is 3.40. The molecule has 1 aliphatic carbocycles. The number of carbonyl (C=O) groups is 1. The molecule has 2 nitrogen and oxygen atoms in total. The number of ketones is 1. The van der Waals surface area contributed by atoms with Crippen molar-refractivity contribution >= 4 is 5.78 Å². The predicted octanol–water partition coefficient (Wildman–Crippen LogP) is 2.85. The Kier molecular flexibility index (Phi) is 3.97. The topological polar surface area (TPSA) is 20.3 Å². The molecule has 0 N–H and O–H groups in total. The molecule has 1 aromatic rings. The van der Waals surface area contributed by atoms with E-state index in [1.807, 2.05) is 0 Å². The van der Waals surface area contributed by atoms with Gasteiger partial charge in [-0.3, -0.25) is 4.79 Å². The number of nitrogens with zero attached hydrogens (tertiary/aromatic N) is 1. The molecule has 1 atom stereocenters.